The van der Waals surface area contributed by atoms with E-state index in [4.69, 9.17) is 0 Å². The minimum Gasteiger partial charge on any atom is -0.507 e. The fraction of sp³-hybridized carbons (Fsp3) is 0.455. The van der Waals surface area contributed by atoms with Crippen LogP contribution in [0.15, 0.2) is 84.9 Å². The molecule has 5 rings (SSSR count). The molecule has 2 N–H and O–H groups in total. The zero-order valence-electron chi connectivity index (χ0n) is 31.1. The van der Waals surface area contributed by atoms with Crippen molar-refractivity contribution in [3.05, 3.63) is 129 Å². The molecule has 0 aliphatic heterocycles. The lowest BCUT2D eigenvalue weighted by atomic mass is 9.63. The SMILES string of the molecule is CN(C)C(c1ccccc1)c1cc(C2(c3cc(C(c4ccccc4)N(C)C)c(O)c(C(C)(C)C)c3)CCCCC2)cc(C(C)(C)C)c1O.[HH]. The molecule has 4 aromatic carbocycles. The van der Waals surface area contributed by atoms with E-state index in [0.29, 0.717) is 11.5 Å². The molecule has 48 heavy (non-hydrogen) atoms. The van der Waals surface area contributed by atoms with E-state index in [9.17, 15) is 10.2 Å². The summed E-state index contributed by atoms with van der Waals surface area (Å²) in [5, 5.41) is 24.2. The third-order valence-electron chi connectivity index (χ3n) is 10.6. The Bertz CT molecular complexity index is 1570. The summed E-state index contributed by atoms with van der Waals surface area (Å²) in [6.07, 6.45) is 5.51. The number of hydrogen-bond acceptors (Lipinski definition) is 4. The maximum atomic E-state index is 12.1. The molecule has 1 saturated carbocycles. The van der Waals surface area contributed by atoms with Crippen molar-refractivity contribution in [1.29, 1.82) is 0 Å². The first-order valence-corrected chi connectivity index (χ1v) is 17.7. The fourth-order valence-electron chi connectivity index (χ4n) is 8.11. The van der Waals surface area contributed by atoms with Crippen molar-refractivity contribution in [3.63, 3.8) is 0 Å². The lowest BCUT2D eigenvalue weighted by Crippen LogP contribution is -2.33. The van der Waals surface area contributed by atoms with Gasteiger partial charge < -0.3 is 10.2 Å². The van der Waals surface area contributed by atoms with E-state index in [2.05, 4.69) is 164 Å². The van der Waals surface area contributed by atoms with Gasteiger partial charge in [-0.05, 0) is 97.4 Å². The van der Waals surface area contributed by atoms with Crippen molar-refractivity contribution in [2.24, 2.45) is 0 Å². The number of hydrogen-bond donors (Lipinski definition) is 2. The average Bonchev–Trinajstić information content (AvgIpc) is 3.03. The number of phenolic OH excluding ortho intramolecular Hbond substituents is 2. The molecule has 258 valence electrons. The number of benzene rings is 4. The summed E-state index contributed by atoms with van der Waals surface area (Å²) in [5.41, 5.74) is 7.90. The second-order valence-electron chi connectivity index (χ2n) is 16.6. The van der Waals surface area contributed by atoms with Gasteiger partial charge in [-0.3, -0.25) is 9.80 Å². The van der Waals surface area contributed by atoms with Crippen LogP contribution in [0.4, 0.5) is 0 Å². The molecule has 0 aromatic heterocycles. The van der Waals surface area contributed by atoms with Gasteiger partial charge in [-0.1, -0.05) is 134 Å². The molecule has 4 heteroatoms. The van der Waals surface area contributed by atoms with Gasteiger partial charge in [-0.2, -0.15) is 0 Å². The molecule has 0 bridgehead atoms. The van der Waals surface area contributed by atoms with Gasteiger partial charge in [0.15, 0.2) is 0 Å². The van der Waals surface area contributed by atoms with Gasteiger partial charge in [0.25, 0.3) is 0 Å². The maximum Gasteiger partial charge on any atom is 0.124 e. The van der Waals surface area contributed by atoms with Gasteiger partial charge in [-0.25, -0.2) is 0 Å². The van der Waals surface area contributed by atoms with E-state index in [1.165, 1.54) is 17.5 Å². The van der Waals surface area contributed by atoms with Crippen LogP contribution in [0.3, 0.4) is 0 Å². The normalized spacial score (nSPS) is 16.7. The number of aromatic hydroxyl groups is 2. The Kier molecular flexibility index (Phi) is 10.2. The van der Waals surface area contributed by atoms with Crippen LogP contribution in [0.5, 0.6) is 11.5 Å². The van der Waals surface area contributed by atoms with Gasteiger partial charge in [0.1, 0.15) is 11.5 Å². The molecular weight excluding hydrogens is 588 g/mol. The summed E-state index contributed by atoms with van der Waals surface area (Å²) < 4.78 is 0. The quantitative estimate of drug-likeness (QED) is 0.200. The first kappa shape index (κ1) is 35.7. The van der Waals surface area contributed by atoms with Gasteiger partial charge >= 0.3 is 0 Å². The summed E-state index contributed by atoms with van der Waals surface area (Å²) in [6.45, 7) is 13.2. The van der Waals surface area contributed by atoms with Gasteiger partial charge in [0.05, 0.1) is 12.1 Å². The molecule has 0 saturated heterocycles. The second-order valence-corrected chi connectivity index (χ2v) is 16.6. The topological polar surface area (TPSA) is 46.9 Å². The second kappa shape index (κ2) is 13.7. The van der Waals surface area contributed by atoms with Crippen molar-refractivity contribution in [3.8, 4) is 11.5 Å². The summed E-state index contributed by atoms with van der Waals surface area (Å²) in [4.78, 5) is 4.43. The Hall–Kier alpha value is -3.60. The predicted molar refractivity (Wildman–Crippen MR) is 204 cm³/mol. The molecule has 1 aliphatic carbocycles. The van der Waals surface area contributed by atoms with E-state index in [-0.39, 0.29) is 29.8 Å². The van der Waals surface area contributed by atoms with Gasteiger partial charge in [-0.15, -0.1) is 0 Å². The van der Waals surface area contributed by atoms with Crippen LogP contribution in [-0.4, -0.2) is 48.2 Å². The highest BCUT2D eigenvalue weighted by Crippen LogP contribution is 2.52. The van der Waals surface area contributed by atoms with Crippen LogP contribution in [-0.2, 0) is 16.2 Å². The summed E-state index contributed by atoms with van der Waals surface area (Å²) in [5.74, 6) is 0.775. The molecule has 0 heterocycles. The van der Waals surface area contributed by atoms with Crippen molar-refractivity contribution in [2.75, 3.05) is 28.2 Å². The van der Waals surface area contributed by atoms with Crippen molar-refractivity contribution in [2.45, 2.75) is 102 Å². The molecule has 0 radical (unpaired) electrons. The zero-order valence-corrected chi connectivity index (χ0v) is 31.1. The molecule has 1 aliphatic rings. The first-order chi connectivity index (χ1) is 22.6. The Morgan fingerprint density at radius 3 is 1.23 bits per heavy atom. The third kappa shape index (κ3) is 6.93. The zero-order chi connectivity index (χ0) is 35.0. The molecule has 0 amide bonds. The standard InChI is InChI=1S/C44H58N2O2.H2/c1-42(2,3)36-28-32(26-34(40(36)47)38(45(7)8)30-20-14-11-15-21-30)44(24-18-13-19-25-44)33-27-35(41(48)37(29-33)43(4,5)6)39(46(9)10)31-22-16-12-17-23-31;/h11-12,14-17,20-23,26-29,38-39,47-48H,13,18-19,24-25H2,1-10H3;1H. The fourth-order valence-corrected chi connectivity index (χ4v) is 8.11. The Morgan fingerprint density at radius 2 is 0.917 bits per heavy atom. The molecule has 0 spiro atoms. The highest BCUT2D eigenvalue weighted by atomic mass is 16.3. The van der Waals surface area contributed by atoms with Crippen LogP contribution in [0, 0.1) is 0 Å². The van der Waals surface area contributed by atoms with Crippen molar-refractivity contribution in [1.82, 2.24) is 9.80 Å². The van der Waals surface area contributed by atoms with Crippen LogP contribution >= 0.6 is 0 Å². The van der Waals surface area contributed by atoms with Crippen molar-refractivity contribution >= 4 is 0 Å². The van der Waals surface area contributed by atoms with Gasteiger partial charge in [0.2, 0.25) is 0 Å². The number of phenols is 2. The highest BCUT2D eigenvalue weighted by Gasteiger charge is 2.41. The summed E-state index contributed by atoms with van der Waals surface area (Å²) in [6, 6.07) is 30.1. The summed E-state index contributed by atoms with van der Waals surface area (Å²) >= 11 is 0. The van der Waals surface area contributed by atoms with E-state index < -0.39 is 0 Å². The lowest BCUT2D eigenvalue weighted by Gasteiger charge is -2.42. The molecule has 4 nitrogen and oxygen atoms in total. The number of rotatable bonds is 8. The van der Waals surface area contributed by atoms with E-state index >= 15 is 0 Å². The Labute approximate surface area is 291 Å². The summed E-state index contributed by atoms with van der Waals surface area (Å²) in [7, 11) is 8.40. The highest BCUT2D eigenvalue weighted by molar-refractivity contribution is 5.58. The average molecular weight is 649 g/mol. The lowest BCUT2D eigenvalue weighted by molar-refractivity contribution is 0.319. The van der Waals surface area contributed by atoms with Crippen molar-refractivity contribution < 1.29 is 11.6 Å². The predicted octanol–water partition coefficient (Wildman–Crippen LogP) is 10.5. The van der Waals surface area contributed by atoms with Crippen LogP contribution < -0.4 is 0 Å². The van der Waals surface area contributed by atoms with E-state index in [1.54, 1.807) is 0 Å². The van der Waals surface area contributed by atoms with E-state index in [0.717, 1.165) is 59.1 Å². The van der Waals surface area contributed by atoms with E-state index in [1.807, 2.05) is 0 Å². The minimum atomic E-state index is -0.274. The first-order valence-electron chi connectivity index (χ1n) is 17.7. The minimum absolute atomic E-state index is 0. The molecule has 2 unspecified atom stereocenters. The van der Waals surface area contributed by atoms with Gasteiger partial charge in [0, 0.05) is 18.0 Å². The smallest absolute Gasteiger partial charge is 0.124 e. The molecule has 4 aromatic rings. The molecular formula is C44H60N2O2. The monoisotopic (exact) mass is 648 g/mol. The largest absolute Gasteiger partial charge is 0.507 e. The van der Waals surface area contributed by atoms with Crippen LogP contribution in [0.25, 0.3) is 0 Å². The third-order valence-corrected chi connectivity index (χ3v) is 10.6. The Morgan fingerprint density at radius 1 is 0.562 bits per heavy atom. The number of nitrogens with zero attached hydrogens (tertiary/aromatic N) is 2. The van der Waals surface area contributed by atoms with Crippen LogP contribution in [0.1, 0.15) is 132 Å². The maximum absolute atomic E-state index is 12.1. The Balaban J connectivity index is 0.00000541. The van der Waals surface area contributed by atoms with Crippen LogP contribution in [0.2, 0.25) is 0 Å². The molecule has 2 atom stereocenters. The molecule has 1 fully saturated rings.